The third-order valence-corrected chi connectivity index (χ3v) is 4.22. The molecule has 2 aliphatic rings. The summed E-state index contributed by atoms with van der Waals surface area (Å²) in [5.74, 6) is 0.318. The molecule has 0 amide bonds. The van der Waals surface area contributed by atoms with E-state index >= 15 is 0 Å². The molecule has 0 aromatic heterocycles. The zero-order valence-electron chi connectivity index (χ0n) is 11.3. The number of ketones is 1. The summed E-state index contributed by atoms with van der Waals surface area (Å²) in [4.78, 5) is 14.5. The van der Waals surface area contributed by atoms with Gasteiger partial charge in [-0.1, -0.05) is 30.3 Å². The van der Waals surface area contributed by atoms with Crippen LogP contribution in [-0.2, 0) is 16.0 Å². The van der Waals surface area contributed by atoms with Gasteiger partial charge < -0.3 is 4.74 Å². The quantitative estimate of drug-likeness (QED) is 0.829. The number of benzene rings is 1. The highest BCUT2D eigenvalue weighted by atomic mass is 16.5. The predicted molar refractivity (Wildman–Crippen MR) is 74.1 cm³/mol. The van der Waals surface area contributed by atoms with Gasteiger partial charge in [-0.2, -0.15) is 0 Å². The molecule has 1 aromatic rings. The number of carbonyl (C=O) groups is 1. The molecular formula is C16H21NO2. The lowest BCUT2D eigenvalue weighted by molar-refractivity contribution is -0.123. The zero-order valence-corrected chi connectivity index (χ0v) is 11.3. The molecule has 1 saturated heterocycles. The second kappa shape index (κ2) is 5.85. The van der Waals surface area contributed by atoms with Gasteiger partial charge in [-0.3, -0.25) is 9.69 Å². The van der Waals surface area contributed by atoms with Gasteiger partial charge >= 0.3 is 0 Å². The summed E-state index contributed by atoms with van der Waals surface area (Å²) in [5, 5.41) is 0. The average Bonchev–Trinajstić information content (AvgIpc) is 2.89. The van der Waals surface area contributed by atoms with Crippen molar-refractivity contribution in [2.45, 2.75) is 37.8 Å². The SMILES string of the molecule is O=C(Cc1ccccc1)CN1CCOC2CCCC21. The third-order valence-electron chi connectivity index (χ3n) is 4.22. The van der Waals surface area contributed by atoms with E-state index in [4.69, 9.17) is 4.74 Å². The van der Waals surface area contributed by atoms with Crippen LogP contribution in [-0.4, -0.2) is 42.5 Å². The number of hydrogen-bond donors (Lipinski definition) is 0. The summed E-state index contributed by atoms with van der Waals surface area (Å²) in [6, 6.07) is 10.5. The fraction of sp³-hybridized carbons (Fsp3) is 0.562. The Morgan fingerprint density at radius 3 is 2.95 bits per heavy atom. The number of carbonyl (C=O) groups excluding carboxylic acids is 1. The van der Waals surface area contributed by atoms with Crippen LogP contribution < -0.4 is 0 Å². The lowest BCUT2D eigenvalue weighted by atomic mass is 10.1. The lowest BCUT2D eigenvalue weighted by Gasteiger charge is -2.37. The van der Waals surface area contributed by atoms with Gasteiger partial charge in [0.2, 0.25) is 0 Å². The minimum absolute atomic E-state index is 0.318. The highest BCUT2D eigenvalue weighted by molar-refractivity contribution is 5.82. The Bertz CT molecular complexity index is 432. The van der Waals surface area contributed by atoms with Crippen molar-refractivity contribution in [2.24, 2.45) is 0 Å². The first-order chi connectivity index (χ1) is 9.33. The minimum Gasteiger partial charge on any atom is -0.375 e. The molecule has 3 nitrogen and oxygen atoms in total. The van der Waals surface area contributed by atoms with Gasteiger partial charge in [0, 0.05) is 19.0 Å². The first-order valence-electron chi connectivity index (χ1n) is 7.24. The van der Waals surface area contributed by atoms with Gasteiger partial charge in [0.25, 0.3) is 0 Å². The van der Waals surface area contributed by atoms with Gasteiger partial charge in [-0.15, -0.1) is 0 Å². The molecule has 3 heteroatoms. The highest BCUT2D eigenvalue weighted by Crippen LogP contribution is 2.29. The van der Waals surface area contributed by atoms with E-state index in [-0.39, 0.29) is 0 Å². The summed E-state index contributed by atoms with van der Waals surface area (Å²) in [6.45, 7) is 2.26. The van der Waals surface area contributed by atoms with E-state index in [0.29, 0.717) is 30.9 Å². The van der Waals surface area contributed by atoms with Crippen LogP contribution in [0, 0.1) is 0 Å². The molecule has 102 valence electrons. The van der Waals surface area contributed by atoms with E-state index in [1.807, 2.05) is 30.3 Å². The normalized spacial score (nSPS) is 27.2. The van der Waals surface area contributed by atoms with E-state index in [2.05, 4.69) is 4.90 Å². The number of morpholine rings is 1. The van der Waals surface area contributed by atoms with E-state index in [0.717, 1.165) is 25.1 Å². The van der Waals surface area contributed by atoms with Crippen molar-refractivity contribution in [1.29, 1.82) is 0 Å². The molecule has 2 fully saturated rings. The molecule has 0 bridgehead atoms. The Morgan fingerprint density at radius 2 is 2.11 bits per heavy atom. The van der Waals surface area contributed by atoms with Gasteiger partial charge in [0.1, 0.15) is 0 Å². The Balaban J connectivity index is 1.57. The Kier molecular flexibility index (Phi) is 3.95. The smallest absolute Gasteiger partial charge is 0.151 e. The summed E-state index contributed by atoms with van der Waals surface area (Å²) in [5.41, 5.74) is 1.11. The van der Waals surface area contributed by atoms with Gasteiger partial charge in [-0.25, -0.2) is 0 Å². The topological polar surface area (TPSA) is 29.5 Å². The number of Topliss-reactive ketones (excluding diaryl/α,β-unsaturated/α-hetero) is 1. The van der Waals surface area contributed by atoms with Gasteiger partial charge in [-0.05, 0) is 24.8 Å². The van der Waals surface area contributed by atoms with E-state index < -0.39 is 0 Å². The minimum atomic E-state index is 0.318. The zero-order chi connectivity index (χ0) is 13.1. The lowest BCUT2D eigenvalue weighted by Crippen LogP contribution is -2.50. The summed E-state index contributed by atoms with van der Waals surface area (Å²) in [7, 11) is 0. The number of rotatable bonds is 4. The first-order valence-corrected chi connectivity index (χ1v) is 7.24. The van der Waals surface area contributed by atoms with Crippen LogP contribution in [0.25, 0.3) is 0 Å². The molecule has 0 spiro atoms. The first kappa shape index (κ1) is 12.8. The third kappa shape index (κ3) is 3.04. The van der Waals surface area contributed by atoms with E-state index in [1.165, 1.54) is 12.8 Å². The van der Waals surface area contributed by atoms with Gasteiger partial charge in [0.05, 0.1) is 19.3 Å². The summed E-state index contributed by atoms with van der Waals surface area (Å²) >= 11 is 0. The summed E-state index contributed by atoms with van der Waals surface area (Å²) in [6.07, 6.45) is 4.50. The molecule has 0 radical (unpaired) electrons. The van der Waals surface area contributed by atoms with Crippen LogP contribution in [0.15, 0.2) is 30.3 Å². The van der Waals surface area contributed by atoms with Crippen molar-refractivity contribution < 1.29 is 9.53 Å². The molecule has 0 N–H and O–H groups in total. The van der Waals surface area contributed by atoms with Crippen LogP contribution in [0.3, 0.4) is 0 Å². The molecule has 1 aliphatic carbocycles. The van der Waals surface area contributed by atoms with Crippen LogP contribution in [0.2, 0.25) is 0 Å². The molecule has 19 heavy (non-hydrogen) atoms. The fourth-order valence-corrected chi connectivity index (χ4v) is 3.31. The predicted octanol–water partition coefficient (Wildman–Crippen LogP) is 2.05. The van der Waals surface area contributed by atoms with Crippen molar-refractivity contribution in [1.82, 2.24) is 4.90 Å². The van der Waals surface area contributed by atoms with Crippen molar-refractivity contribution in [3.8, 4) is 0 Å². The average molecular weight is 259 g/mol. The maximum atomic E-state index is 12.2. The number of ether oxygens (including phenoxy) is 1. The Hall–Kier alpha value is -1.19. The van der Waals surface area contributed by atoms with Gasteiger partial charge in [0.15, 0.2) is 5.78 Å². The molecule has 2 unspecified atom stereocenters. The van der Waals surface area contributed by atoms with E-state index in [1.54, 1.807) is 0 Å². The van der Waals surface area contributed by atoms with Crippen LogP contribution in [0.5, 0.6) is 0 Å². The Labute approximate surface area is 114 Å². The van der Waals surface area contributed by atoms with Crippen molar-refractivity contribution in [3.05, 3.63) is 35.9 Å². The monoisotopic (exact) mass is 259 g/mol. The summed E-state index contributed by atoms with van der Waals surface area (Å²) < 4.78 is 5.78. The fourth-order valence-electron chi connectivity index (χ4n) is 3.31. The van der Waals surface area contributed by atoms with Crippen molar-refractivity contribution in [3.63, 3.8) is 0 Å². The molecule has 1 aromatic carbocycles. The van der Waals surface area contributed by atoms with Crippen LogP contribution in [0.1, 0.15) is 24.8 Å². The maximum Gasteiger partial charge on any atom is 0.151 e. The molecule has 1 saturated carbocycles. The largest absolute Gasteiger partial charge is 0.375 e. The standard InChI is InChI=1S/C16H21NO2/c18-14(11-13-5-2-1-3-6-13)12-17-9-10-19-16-8-4-7-15(16)17/h1-3,5-6,15-16H,4,7-12H2. The molecule has 1 aliphatic heterocycles. The maximum absolute atomic E-state index is 12.2. The molecule has 1 heterocycles. The van der Waals surface area contributed by atoms with E-state index in [9.17, 15) is 4.79 Å². The molecule has 2 atom stereocenters. The number of fused-ring (bicyclic) bond motifs is 1. The van der Waals surface area contributed by atoms with Crippen molar-refractivity contribution in [2.75, 3.05) is 19.7 Å². The second-order valence-corrected chi connectivity index (χ2v) is 5.58. The molecular weight excluding hydrogens is 238 g/mol. The highest BCUT2D eigenvalue weighted by Gasteiger charge is 2.36. The Morgan fingerprint density at radius 1 is 1.26 bits per heavy atom. The van der Waals surface area contributed by atoms with Crippen molar-refractivity contribution >= 4 is 5.78 Å². The number of hydrogen-bond acceptors (Lipinski definition) is 3. The number of nitrogens with zero attached hydrogens (tertiary/aromatic N) is 1. The van der Waals surface area contributed by atoms with Crippen LogP contribution >= 0.6 is 0 Å². The molecule has 3 rings (SSSR count). The second-order valence-electron chi connectivity index (χ2n) is 5.58. The van der Waals surface area contributed by atoms with Crippen LogP contribution in [0.4, 0.5) is 0 Å².